The Labute approximate surface area is 204 Å². The number of carbonyl (C=O) groups is 1. The number of amides is 1. The molecule has 35 heavy (non-hydrogen) atoms. The van der Waals surface area contributed by atoms with Crippen LogP contribution in [0.15, 0.2) is 75.5 Å². The smallest absolute Gasteiger partial charge is 0.302 e. The lowest BCUT2D eigenvalue weighted by Gasteiger charge is -2.27. The van der Waals surface area contributed by atoms with Gasteiger partial charge in [0.05, 0.1) is 11.8 Å². The number of fused-ring (bicyclic) bond motifs is 1. The molecule has 0 saturated heterocycles. The molecule has 1 amide bonds. The van der Waals surface area contributed by atoms with Crippen LogP contribution in [0.25, 0.3) is 11.1 Å². The monoisotopic (exact) mass is 493 g/mol. The molecule has 5 rings (SSSR count). The number of anilines is 1. The van der Waals surface area contributed by atoms with Crippen molar-refractivity contribution in [3.05, 3.63) is 88.1 Å². The van der Waals surface area contributed by atoms with Gasteiger partial charge in [-0.1, -0.05) is 29.8 Å². The predicted octanol–water partition coefficient (Wildman–Crippen LogP) is 4.06. The fourth-order valence-corrected chi connectivity index (χ4v) is 4.09. The number of aromatic nitrogens is 3. The molecule has 0 radical (unpaired) electrons. The lowest BCUT2D eigenvalue weighted by Crippen LogP contribution is -2.39. The number of hydrogen-bond donors (Lipinski definition) is 3. The number of halogens is 2. The van der Waals surface area contributed by atoms with Gasteiger partial charge in [-0.25, -0.2) is 9.38 Å². The third-order valence-electron chi connectivity index (χ3n) is 5.47. The summed E-state index contributed by atoms with van der Waals surface area (Å²) < 4.78 is 20.8. The van der Waals surface area contributed by atoms with E-state index in [9.17, 15) is 9.18 Å². The van der Waals surface area contributed by atoms with Crippen molar-refractivity contribution in [2.45, 2.75) is 19.5 Å². The molecule has 0 spiro atoms. The molecule has 3 heterocycles. The van der Waals surface area contributed by atoms with Gasteiger partial charge in [0.15, 0.2) is 5.58 Å². The summed E-state index contributed by atoms with van der Waals surface area (Å²) in [6, 6.07) is 10.7. The first-order chi connectivity index (χ1) is 16.9. The summed E-state index contributed by atoms with van der Waals surface area (Å²) in [4.78, 5) is 22.3. The largest absolute Gasteiger partial charge is 0.423 e. The van der Waals surface area contributed by atoms with Gasteiger partial charge in [0, 0.05) is 47.7 Å². The van der Waals surface area contributed by atoms with Gasteiger partial charge in [0.1, 0.15) is 17.4 Å². The van der Waals surface area contributed by atoms with E-state index in [0.717, 1.165) is 5.56 Å². The number of hydrogen-bond acceptors (Lipinski definition) is 7. The highest BCUT2D eigenvalue weighted by Crippen LogP contribution is 2.35. The molecule has 0 bridgehead atoms. The van der Waals surface area contributed by atoms with E-state index < -0.39 is 11.9 Å². The van der Waals surface area contributed by atoms with Crippen LogP contribution < -0.4 is 16.0 Å². The number of oxazole rings is 1. The molecule has 178 valence electrons. The van der Waals surface area contributed by atoms with Gasteiger partial charge in [0.2, 0.25) is 5.96 Å². The highest BCUT2D eigenvalue weighted by atomic mass is 35.5. The fraction of sp³-hybridized carbons (Fsp3) is 0.167. The minimum atomic E-state index is -0.692. The first-order valence-electron chi connectivity index (χ1n) is 10.8. The zero-order valence-corrected chi connectivity index (χ0v) is 19.6. The SMILES string of the molecule is CC1=C(C(=O)NCc2cnn(C)c2)C(c2ccccc2Cl)N=C(Nc2nc3ccc(F)cc3o2)N1. The summed E-state index contributed by atoms with van der Waals surface area (Å²) in [7, 11) is 1.81. The minimum Gasteiger partial charge on any atom is -0.423 e. The van der Waals surface area contributed by atoms with Gasteiger partial charge < -0.3 is 15.1 Å². The lowest BCUT2D eigenvalue weighted by molar-refractivity contribution is -0.118. The Morgan fingerprint density at radius 3 is 2.89 bits per heavy atom. The maximum absolute atomic E-state index is 13.5. The molecular weight excluding hydrogens is 473 g/mol. The van der Waals surface area contributed by atoms with Crippen molar-refractivity contribution in [2.75, 3.05) is 5.32 Å². The van der Waals surface area contributed by atoms with Gasteiger partial charge >= 0.3 is 6.01 Å². The second-order valence-corrected chi connectivity index (χ2v) is 8.43. The molecule has 0 aliphatic carbocycles. The molecule has 9 nitrogen and oxygen atoms in total. The summed E-state index contributed by atoms with van der Waals surface area (Å²) in [5.74, 6) is -0.403. The topological polar surface area (TPSA) is 109 Å². The summed E-state index contributed by atoms with van der Waals surface area (Å²) in [6.45, 7) is 2.09. The molecule has 0 fully saturated rings. The second kappa shape index (κ2) is 9.22. The number of nitrogens with zero attached hydrogens (tertiary/aromatic N) is 4. The van der Waals surface area contributed by atoms with Crippen LogP contribution in [0.3, 0.4) is 0 Å². The van der Waals surface area contributed by atoms with Crippen molar-refractivity contribution in [1.82, 2.24) is 25.4 Å². The Morgan fingerprint density at radius 1 is 1.29 bits per heavy atom. The number of nitrogens with one attached hydrogen (secondary N) is 3. The minimum absolute atomic E-state index is 0.132. The number of guanidine groups is 1. The van der Waals surface area contributed by atoms with Crippen LogP contribution in [0, 0.1) is 5.82 Å². The molecule has 1 aliphatic rings. The summed E-state index contributed by atoms with van der Waals surface area (Å²) >= 11 is 6.49. The van der Waals surface area contributed by atoms with Gasteiger partial charge in [-0.05, 0) is 25.1 Å². The average molecular weight is 494 g/mol. The van der Waals surface area contributed by atoms with E-state index in [1.807, 2.05) is 31.4 Å². The number of benzene rings is 2. The Bertz CT molecular complexity index is 1490. The van der Waals surface area contributed by atoms with E-state index in [4.69, 9.17) is 21.0 Å². The third kappa shape index (κ3) is 4.73. The summed E-state index contributed by atoms with van der Waals surface area (Å²) in [5.41, 5.74) is 3.34. The quantitative estimate of drug-likeness (QED) is 0.387. The van der Waals surface area contributed by atoms with E-state index in [2.05, 4.69) is 26.0 Å². The molecule has 11 heteroatoms. The lowest BCUT2D eigenvalue weighted by atomic mass is 9.95. The molecule has 3 N–H and O–H groups in total. The third-order valence-corrected chi connectivity index (χ3v) is 5.82. The van der Waals surface area contributed by atoms with Crippen molar-refractivity contribution in [3.63, 3.8) is 0 Å². The molecular formula is C24H21ClFN7O2. The highest BCUT2D eigenvalue weighted by molar-refractivity contribution is 6.31. The van der Waals surface area contributed by atoms with E-state index in [1.54, 1.807) is 23.9 Å². The van der Waals surface area contributed by atoms with Gasteiger partial charge in [-0.2, -0.15) is 10.1 Å². The number of rotatable bonds is 5. The van der Waals surface area contributed by atoms with Crippen LogP contribution in [0.1, 0.15) is 24.1 Å². The first-order valence-corrected chi connectivity index (χ1v) is 11.1. The van der Waals surface area contributed by atoms with Crippen LogP contribution in [0.5, 0.6) is 0 Å². The standard InChI is InChI=1S/C24H21ClFN7O2/c1-13-20(22(34)27-10-14-11-28-33(2)12-14)21(16-5-3-4-6-17(16)25)31-23(29-13)32-24-30-18-8-7-15(26)9-19(18)35-24/h3-9,11-12,21H,10H2,1-2H3,(H,27,34)(H2,29,30,31,32). The van der Waals surface area contributed by atoms with Crippen molar-refractivity contribution in [2.24, 2.45) is 12.0 Å². The van der Waals surface area contributed by atoms with Crippen LogP contribution in [0.4, 0.5) is 10.4 Å². The van der Waals surface area contributed by atoms with Gasteiger partial charge in [-0.3, -0.25) is 14.8 Å². The van der Waals surface area contributed by atoms with Gasteiger partial charge in [0.25, 0.3) is 5.91 Å². The Kier molecular flexibility index (Phi) is 5.96. The number of aryl methyl sites for hydroxylation is 1. The molecule has 1 atom stereocenters. The molecule has 0 saturated carbocycles. The van der Waals surface area contributed by atoms with Crippen molar-refractivity contribution < 1.29 is 13.6 Å². The van der Waals surface area contributed by atoms with Gasteiger partial charge in [-0.15, -0.1) is 0 Å². The first kappa shape index (κ1) is 22.6. The zero-order chi connectivity index (χ0) is 24.5. The second-order valence-electron chi connectivity index (χ2n) is 8.03. The van der Waals surface area contributed by atoms with E-state index in [-0.39, 0.29) is 11.9 Å². The molecule has 2 aromatic heterocycles. The normalized spacial score (nSPS) is 15.7. The Morgan fingerprint density at radius 2 is 2.11 bits per heavy atom. The predicted molar refractivity (Wildman–Crippen MR) is 130 cm³/mol. The van der Waals surface area contributed by atoms with Crippen LogP contribution in [0.2, 0.25) is 5.02 Å². The van der Waals surface area contributed by atoms with Crippen molar-refractivity contribution in [3.8, 4) is 0 Å². The van der Waals surface area contributed by atoms with E-state index in [0.29, 0.717) is 45.5 Å². The maximum atomic E-state index is 13.5. The van der Waals surface area contributed by atoms with Crippen LogP contribution >= 0.6 is 11.6 Å². The summed E-state index contributed by atoms with van der Waals surface area (Å²) in [5, 5.41) is 13.6. The molecule has 1 unspecified atom stereocenters. The molecule has 2 aromatic carbocycles. The van der Waals surface area contributed by atoms with E-state index in [1.165, 1.54) is 18.2 Å². The maximum Gasteiger partial charge on any atom is 0.302 e. The van der Waals surface area contributed by atoms with Crippen LogP contribution in [-0.2, 0) is 18.4 Å². The molecule has 4 aromatic rings. The van der Waals surface area contributed by atoms with Crippen LogP contribution in [-0.4, -0.2) is 26.6 Å². The Hall–Kier alpha value is -4.18. The number of carbonyl (C=O) groups excluding carboxylic acids is 1. The summed E-state index contributed by atoms with van der Waals surface area (Å²) in [6.07, 6.45) is 3.52. The molecule has 1 aliphatic heterocycles. The van der Waals surface area contributed by atoms with Crippen molar-refractivity contribution in [1.29, 1.82) is 0 Å². The van der Waals surface area contributed by atoms with E-state index >= 15 is 0 Å². The Balaban J connectivity index is 1.44. The zero-order valence-electron chi connectivity index (χ0n) is 18.8. The van der Waals surface area contributed by atoms with Crippen molar-refractivity contribution >= 4 is 40.6 Å². The number of aliphatic imine (C=N–C) groups is 1. The average Bonchev–Trinajstić information content (AvgIpc) is 3.42. The fourth-order valence-electron chi connectivity index (χ4n) is 3.85. The number of allylic oxidation sites excluding steroid dienone is 1. The highest BCUT2D eigenvalue weighted by Gasteiger charge is 2.31.